The van der Waals surface area contributed by atoms with E-state index in [-0.39, 0.29) is 9.92 Å². The maximum absolute atomic E-state index is 12.4. The summed E-state index contributed by atoms with van der Waals surface area (Å²) in [6, 6.07) is 3.37. The Bertz CT molecular complexity index is 303. The number of benzene rings is 1. The van der Waals surface area contributed by atoms with E-state index in [1.807, 2.05) is 0 Å². The molecule has 1 aromatic carbocycles. The zero-order valence-electron chi connectivity index (χ0n) is 5.25. The molecular formula is C6H4ClFO2S. The van der Waals surface area contributed by atoms with Crippen molar-refractivity contribution < 1.29 is 13.2 Å². The summed E-state index contributed by atoms with van der Waals surface area (Å²) in [5, 5.41) is -0.148. The van der Waals surface area contributed by atoms with E-state index < -0.39 is 16.9 Å². The smallest absolute Gasteiger partial charge is 0.186 e. The zero-order chi connectivity index (χ0) is 8.43. The number of halogens is 2. The molecule has 0 radical (unpaired) electrons. The van der Waals surface area contributed by atoms with Crippen LogP contribution < -0.4 is 0 Å². The van der Waals surface area contributed by atoms with Crippen molar-refractivity contribution in [1.82, 2.24) is 0 Å². The van der Waals surface area contributed by atoms with Crippen LogP contribution in [0.2, 0.25) is 5.02 Å². The summed E-state index contributed by atoms with van der Waals surface area (Å²) >= 11 is 3.24. The largest absolute Gasteiger partial charge is 0.302 e. The van der Waals surface area contributed by atoms with Gasteiger partial charge in [0.1, 0.15) is 5.82 Å². The van der Waals surface area contributed by atoms with Crippen LogP contribution in [0, 0.1) is 5.82 Å². The second-order valence-corrected chi connectivity index (χ2v) is 3.20. The lowest BCUT2D eigenvalue weighted by atomic mass is 10.3. The molecule has 1 rings (SSSR count). The van der Waals surface area contributed by atoms with Gasteiger partial charge in [-0.1, -0.05) is 11.6 Å². The Morgan fingerprint density at radius 1 is 1.55 bits per heavy atom. The number of hydrogen-bond acceptors (Lipinski definition) is 1. The Morgan fingerprint density at radius 3 is 2.64 bits per heavy atom. The molecule has 0 amide bonds. The van der Waals surface area contributed by atoms with Crippen molar-refractivity contribution in [3.05, 3.63) is 29.0 Å². The summed E-state index contributed by atoms with van der Waals surface area (Å²) in [5.74, 6) is -0.596. The minimum atomic E-state index is -2.10. The maximum Gasteiger partial charge on any atom is 0.186 e. The van der Waals surface area contributed by atoms with E-state index in [2.05, 4.69) is 0 Å². The van der Waals surface area contributed by atoms with Crippen LogP contribution >= 0.6 is 11.6 Å². The van der Waals surface area contributed by atoms with Crippen molar-refractivity contribution in [3.63, 3.8) is 0 Å². The van der Waals surface area contributed by atoms with Gasteiger partial charge in [0.15, 0.2) is 11.1 Å². The zero-order valence-corrected chi connectivity index (χ0v) is 6.82. The predicted molar refractivity (Wildman–Crippen MR) is 40.4 cm³/mol. The Morgan fingerprint density at radius 2 is 2.18 bits per heavy atom. The first-order valence-electron chi connectivity index (χ1n) is 2.67. The lowest BCUT2D eigenvalue weighted by Crippen LogP contribution is -1.88. The fourth-order valence-electron chi connectivity index (χ4n) is 0.585. The van der Waals surface area contributed by atoms with Gasteiger partial charge in [-0.25, -0.2) is 8.60 Å². The van der Waals surface area contributed by atoms with Gasteiger partial charge in [0, 0.05) is 0 Å². The van der Waals surface area contributed by atoms with Gasteiger partial charge in [0.2, 0.25) is 0 Å². The molecule has 0 spiro atoms. The fraction of sp³-hybridized carbons (Fsp3) is 0. The van der Waals surface area contributed by atoms with Crippen LogP contribution in [0.15, 0.2) is 23.1 Å². The molecule has 0 aliphatic heterocycles. The topological polar surface area (TPSA) is 37.3 Å². The Kier molecular flexibility index (Phi) is 2.59. The highest BCUT2D eigenvalue weighted by Gasteiger charge is 2.03. The average molecular weight is 195 g/mol. The van der Waals surface area contributed by atoms with E-state index in [4.69, 9.17) is 16.2 Å². The van der Waals surface area contributed by atoms with Crippen molar-refractivity contribution in [2.75, 3.05) is 0 Å². The summed E-state index contributed by atoms with van der Waals surface area (Å²) < 4.78 is 31.4. The molecule has 1 N–H and O–H groups in total. The van der Waals surface area contributed by atoms with Crippen molar-refractivity contribution >= 4 is 22.7 Å². The van der Waals surface area contributed by atoms with E-state index in [0.29, 0.717) is 0 Å². The molecule has 0 fully saturated rings. The number of rotatable bonds is 1. The Hall–Kier alpha value is -0.450. The highest BCUT2D eigenvalue weighted by Crippen LogP contribution is 2.17. The molecule has 0 aliphatic carbocycles. The summed E-state index contributed by atoms with van der Waals surface area (Å²) in [5.41, 5.74) is 0. The van der Waals surface area contributed by atoms with Crippen LogP contribution in [0.25, 0.3) is 0 Å². The van der Waals surface area contributed by atoms with Crippen molar-refractivity contribution in [2.45, 2.75) is 4.90 Å². The molecule has 0 bridgehead atoms. The monoisotopic (exact) mass is 194 g/mol. The van der Waals surface area contributed by atoms with Crippen LogP contribution in [-0.4, -0.2) is 8.76 Å². The highest BCUT2D eigenvalue weighted by molar-refractivity contribution is 7.79. The van der Waals surface area contributed by atoms with Gasteiger partial charge < -0.3 is 4.55 Å². The summed E-state index contributed by atoms with van der Waals surface area (Å²) in [4.78, 5) is 0.0939. The average Bonchev–Trinajstić information content (AvgIpc) is 1.94. The second kappa shape index (κ2) is 3.30. The first kappa shape index (κ1) is 8.64. The van der Waals surface area contributed by atoms with E-state index in [1.54, 1.807) is 0 Å². The van der Waals surface area contributed by atoms with Crippen LogP contribution in [0.1, 0.15) is 0 Å². The fourth-order valence-corrected chi connectivity index (χ4v) is 1.23. The van der Waals surface area contributed by atoms with Crippen LogP contribution in [0.5, 0.6) is 0 Å². The van der Waals surface area contributed by atoms with Crippen molar-refractivity contribution in [2.24, 2.45) is 0 Å². The molecule has 1 unspecified atom stereocenters. The van der Waals surface area contributed by atoms with Gasteiger partial charge in [-0.2, -0.15) is 0 Å². The highest BCUT2D eigenvalue weighted by atomic mass is 35.5. The number of hydrogen-bond donors (Lipinski definition) is 1. The van der Waals surface area contributed by atoms with Gasteiger partial charge in [-0.05, 0) is 18.2 Å². The molecule has 0 saturated heterocycles. The van der Waals surface area contributed by atoms with Gasteiger partial charge >= 0.3 is 0 Å². The molecule has 1 aromatic rings. The molecule has 11 heavy (non-hydrogen) atoms. The van der Waals surface area contributed by atoms with Crippen LogP contribution in [0.4, 0.5) is 4.39 Å². The molecule has 0 aromatic heterocycles. The van der Waals surface area contributed by atoms with Gasteiger partial charge in [0.25, 0.3) is 0 Å². The van der Waals surface area contributed by atoms with E-state index in [9.17, 15) is 8.60 Å². The van der Waals surface area contributed by atoms with E-state index in [1.165, 1.54) is 6.07 Å². The van der Waals surface area contributed by atoms with Crippen LogP contribution in [0.3, 0.4) is 0 Å². The maximum atomic E-state index is 12.4. The summed E-state index contributed by atoms with van der Waals surface area (Å²) in [7, 11) is 0. The second-order valence-electron chi connectivity index (χ2n) is 1.83. The third kappa shape index (κ3) is 1.99. The molecule has 60 valence electrons. The third-order valence-electron chi connectivity index (χ3n) is 1.09. The Labute approximate surface area is 70.3 Å². The first-order chi connectivity index (χ1) is 5.11. The predicted octanol–water partition coefficient (Wildman–Crippen LogP) is 2.06. The molecule has 2 nitrogen and oxygen atoms in total. The molecule has 5 heteroatoms. The third-order valence-corrected chi connectivity index (χ3v) is 2.04. The quantitative estimate of drug-likeness (QED) is 0.695. The molecular weight excluding hydrogens is 191 g/mol. The first-order valence-corrected chi connectivity index (χ1v) is 4.15. The van der Waals surface area contributed by atoms with Gasteiger partial charge in [0.05, 0.1) is 9.92 Å². The van der Waals surface area contributed by atoms with E-state index >= 15 is 0 Å². The van der Waals surface area contributed by atoms with Gasteiger partial charge in [-0.15, -0.1) is 0 Å². The van der Waals surface area contributed by atoms with Crippen molar-refractivity contribution in [1.29, 1.82) is 0 Å². The lowest BCUT2D eigenvalue weighted by Gasteiger charge is -1.95. The molecule has 0 saturated carbocycles. The van der Waals surface area contributed by atoms with Crippen molar-refractivity contribution in [3.8, 4) is 0 Å². The summed E-state index contributed by atoms with van der Waals surface area (Å²) in [6.07, 6.45) is 0. The normalized spacial score (nSPS) is 13.0. The molecule has 1 atom stereocenters. The summed E-state index contributed by atoms with van der Waals surface area (Å²) in [6.45, 7) is 0. The Balaban J connectivity index is 3.15. The molecule has 0 heterocycles. The van der Waals surface area contributed by atoms with Crippen LogP contribution in [-0.2, 0) is 11.1 Å². The lowest BCUT2D eigenvalue weighted by molar-refractivity contribution is 0.563. The SMILES string of the molecule is O=S(O)c1ccc(F)c(Cl)c1. The van der Waals surface area contributed by atoms with E-state index in [0.717, 1.165) is 12.1 Å². The standard InChI is InChI=1S/C6H4ClFO2S/c7-5-3-4(11(9)10)1-2-6(5)8/h1-3H,(H,9,10). The minimum absolute atomic E-state index is 0.0939. The minimum Gasteiger partial charge on any atom is -0.302 e. The van der Waals surface area contributed by atoms with Gasteiger partial charge in [-0.3, -0.25) is 0 Å². The molecule has 0 aliphatic rings.